The van der Waals surface area contributed by atoms with E-state index in [0.29, 0.717) is 22.9 Å². The highest BCUT2D eigenvalue weighted by atomic mass is 16.7. The molecule has 8 heteroatoms. The van der Waals surface area contributed by atoms with Crippen LogP contribution in [0.3, 0.4) is 0 Å². The van der Waals surface area contributed by atoms with E-state index in [-0.39, 0.29) is 18.4 Å². The van der Waals surface area contributed by atoms with Crippen LogP contribution in [0.1, 0.15) is 21.9 Å². The Balaban J connectivity index is 1.58. The summed E-state index contributed by atoms with van der Waals surface area (Å²) in [6.45, 7) is 3.91. The van der Waals surface area contributed by atoms with Gasteiger partial charge in [-0.3, -0.25) is 9.78 Å². The molecule has 0 unspecified atom stereocenters. The normalized spacial score (nSPS) is 12.3. The number of hydrogen-bond acceptors (Lipinski definition) is 6. The van der Waals surface area contributed by atoms with Crippen molar-refractivity contribution in [3.05, 3.63) is 65.6 Å². The molecule has 0 bridgehead atoms. The van der Waals surface area contributed by atoms with Crippen LogP contribution in [0.4, 0.5) is 5.69 Å². The Hall–Kier alpha value is -3.94. The number of amides is 1. The van der Waals surface area contributed by atoms with Crippen molar-refractivity contribution in [2.75, 3.05) is 12.1 Å². The number of para-hydroxylation sites is 1. The largest absolute Gasteiger partial charge is 0.454 e. The summed E-state index contributed by atoms with van der Waals surface area (Å²) in [5.74, 6) is 1.01. The number of aromatic nitrogens is 4. The van der Waals surface area contributed by atoms with Crippen molar-refractivity contribution in [1.29, 1.82) is 0 Å². The summed E-state index contributed by atoms with van der Waals surface area (Å²) in [5.41, 5.74) is 3.94. The fraction of sp³-hybridized carbons (Fsp3) is 0.143. The van der Waals surface area contributed by atoms with E-state index in [0.717, 1.165) is 22.3 Å². The Morgan fingerprint density at radius 1 is 1.07 bits per heavy atom. The predicted octanol–water partition coefficient (Wildman–Crippen LogP) is 3.41. The molecule has 29 heavy (non-hydrogen) atoms. The molecule has 1 aliphatic heterocycles. The molecule has 1 aliphatic rings. The maximum absolute atomic E-state index is 12.7. The molecule has 0 spiro atoms. The number of ether oxygens (including phenoxy) is 2. The second-order valence-electron chi connectivity index (χ2n) is 6.76. The minimum Gasteiger partial charge on any atom is -0.454 e. The number of benzene rings is 2. The Kier molecular flexibility index (Phi) is 3.90. The first-order valence-electron chi connectivity index (χ1n) is 9.10. The van der Waals surface area contributed by atoms with E-state index in [1.807, 2.05) is 62.4 Å². The van der Waals surface area contributed by atoms with E-state index in [1.165, 1.54) is 0 Å². The average Bonchev–Trinajstić information content (AvgIpc) is 3.32. The quantitative estimate of drug-likeness (QED) is 0.579. The van der Waals surface area contributed by atoms with E-state index in [2.05, 4.69) is 20.6 Å². The number of hydrogen-bond donors (Lipinski definition) is 1. The highest BCUT2D eigenvalue weighted by molar-refractivity contribution is 6.03. The average molecular weight is 387 g/mol. The number of nitrogens with one attached hydrogen (secondary N) is 1. The van der Waals surface area contributed by atoms with Crippen molar-refractivity contribution in [2.45, 2.75) is 13.8 Å². The zero-order valence-corrected chi connectivity index (χ0v) is 15.8. The number of nitrogens with zero attached hydrogens (tertiary/aromatic N) is 4. The molecule has 2 aromatic carbocycles. The van der Waals surface area contributed by atoms with Crippen LogP contribution in [-0.4, -0.2) is 32.7 Å². The van der Waals surface area contributed by atoms with Gasteiger partial charge in [-0.15, -0.1) is 5.10 Å². The maximum Gasteiger partial charge on any atom is 0.278 e. The van der Waals surface area contributed by atoms with E-state index in [4.69, 9.17) is 9.47 Å². The van der Waals surface area contributed by atoms with Gasteiger partial charge in [0.05, 0.1) is 16.9 Å². The topological polar surface area (TPSA) is 91.2 Å². The van der Waals surface area contributed by atoms with Crippen LogP contribution < -0.4 is 14.8 Å². The third-order valence-electron chi connectivity index (χ3n) is 4.78. The number of anilines is 1. The molecule has 0 saturated heterocycles. The number of carbonyl (C=O) groups excluding carboxylic acids is 1. The first-order chi connectivity index (χ1) is 14.1. The zero-order chi connectivity index (χ0) is 20.0. The van der Waals surface area contributed by atoms with E-state index in [1.54, 1.807) is 4.68 Å². The summed E-state index contributed by atoms with van der Waals surface area (Å²) in [5, 5.41) is 12.0. The van der Waals surface area contributed by atoms with Crippen molar-refractivity contribution in [2.24, 2.45) is 0 Å². The molecule has 8 nitrogen and oxygen atoms in total. The van der Waals surface area contributed by atoms with Gasteiger partial charge in [-0.1, -0.05) is 23.4 Å². The molecule has 5 rings (SSSR count). The van der Waals surface area contributed by atoms with Gasteiger partial charge in [0.25, 0.3) is 5.91 Å². The summed E-state index contributed by atoms with van der Waals surface area (Å²) in [7, 11) is 0. The van der Waals surface area contributed by atoms with Crippen LogP contribution in [0.25, 0.3) is 16.6 Å². The monoisotopic (exact) mass is 387 g/mol. The molecule has 4 aromatic rings. The lowest BCUT2D eigenvalue weighted by atomic mass is 10.1. The van der Waals surface area contributed by atoms with E-state index in [9.17, 15) is 4.79 Å². The fourth-order valence-corrected chi connectivity index (χ4v) is 3.38. The van der Waals surface area contributed by atoms with Crippen LogP contribution in [-0.2, 0) is 0 Å². The summed E-state index contributed by atoms with van der Waals surface area (Å²) in [4.78, 5) is 17.3. The molecule has 1 N–H and O–H groups in total. The second kappa shape index (κ2) is 6.59. The van der Waals surface area contributed by atoms with Crippen LogP contribution in [0.15, 0.2) is 48.5 Å². The number of pyridine rings is 1. The molecule has 2 aromatic heterocycles. The Labute approximate surface area is 166 Å². The Morgan fingerprint density at radius 2 is 1.83 bits per heavy atom. The van der Waals surface area contributed by atoms with Gasteiger partial charge in [-0.2, -0.15) is 0 Å². The van der Waals surface area contributed by atoms with Crippen LogP contribution in [0.5, 0.6) is 11.5 Å². The molecular formula is C21H17N5O3. The van der Waals surface area contributed by atoms with Gasteiger partial charge in [0.1, 0.15) is 0 Å². The first-order valence-corrected chi connectivity index (χ1v) is 9.10. The Bertz CT molecular complexity index is 1250. The fourth-order valence-electron chi connectivity index (χ4n) is 3.38. The number of fused-ring (bicyclic) bond motifs is 2. The van der Waals surface area contributed by atoms with E-state index >= 15 is 0 Å². The summed E-state index contributed by atoms with van der Waals surface area (Å²) < 4.78 is 12.6. The third-order valence-corrected chi connectivity index (χ3v) is 4.78. The lowest BCUT2D eigenvalue weighted by Gasteiger charge is -2.10. The molecule has 3 heterocycles. The highest BCUT2D eigenvalue weighted by Crippen LogP contribution is 2.37. The lowest BCUT2D eigenvalue weighted by molar-refractivity contribution is 0.102. The summed E-state index contributed by atoms with van der Waals surface area (Å²) >= 11 is 0. The summed E-state index contributed by atoms with van der Waals surface area (Å²) in [6.07, 6.45) is 0. The highest BCUT2D eigenvalue weighted by Gasteiger charge is 2.21. The van der Waals surface area contributed by atoms with E-state index < -0.39 is 0 Å². The van der Waals surface area contributed by atoms with Gasteiger partial charge < -0.3 is 14.8 Å². The molecule has 0 atom stereocenters. The molecule has 0 saturated carbocycles. The second-order valence-corrected chi connectivity index (χ2v) is 6.76. The zero-order valence-electron chi connectivity index (χ0n) is 15.8. The van der Waals surface area contributed by atoms with Gasteiger partial charge in [-0.25, -0.2) is 4.68 Å². The van der Waals surface area contributed by atoms with Crippen molar-refractivity contribution >= 4 is 22.5 Å². The lowest BCUT2D eigenvalue weighted by Crippen LogP contribution is -2.14. The van der Waals surface area contributed by atoms with Gasteiger partial charge >= 0.3 is 0 Å². The molecule has 1 amide bonds. The number of carbonyl (C=O) groups is 1. The number of rotatable bonds is 3. The summed E-state index contributed by atoms with van der Waals surface area (Å²) in [6, 6.07) is 14.9. The van der Waals surface area contributed by atoms with Crippen LogP contribution in [0, 0.1) is 13.8 Å². The van der Waals surface area contributed by atoms with Crippen molar-refractivity contribution in [1.82, 2.24) is 20.0 Å². The molecule has 0 fully saturated rings. The van der Waals surface area contributed by atoms with Gasteiger partial charge in [-0.05, 0) is 38.1 Å². The molecule has 0 aliphatic carbocycles. The maximum atomic E-state index is 12.7. The smallest absolute Gasteiger partial charge is 0.278 e. The minimum absolute atomic E-state index is 0.187. The van der Waals surface area contributed by atoms with Crippen molar-refractivity contribution in [3.63, 3.8) is 0 Å². The van der Waals surface area contributed by atoms with Gasteiger partial charge in [0.15, 0.2) is 17.2 Å². The minimum atomic E-state index is -0.312. The van der Waals surface area contributed by atoms with Crippen LogP contribution in [0.2, 0.25) is 0 Å². The van der Waals surface area contributed by atoms with Gasteiger partial charge in [0, 0.05) is 22.8 Å². The standard InChI is InChI=1S/C21H17N5O3/c1-12-8-17(15-9-18-19(29-11-28-18)10-16(15)22-12)26-13(2)20(24-25-26)21(27)23-14-6-4-3-5-7-14/h3-10H,11H2,1-2H3,(H,23,27). The Morgan fingerprint density at radius 3 is 2.62 bits per heavy atom. The van der Waals surface area contributed by atoms with Crippen molar-refractivity contribution in [3.8, 4) is 17.2 Å². The van der Waals surface area contributed by atoms with Gasteiger partial charge in [0.2, 0.25) is 6.79 Å². The first kappa shape index (κ1) is 17.2. The predicted molar refractivity (Wildman–Crippen MR) is 107 cm³/mol. The molecular weight excluding hydrogens is 370 g/mol. The molecule has 144 valence electrons. The number of aryl methyl sites for hydroxylation is 1. The van der Waals surface area contributed by atoms with Crippen LogP contribution >= 0.6 is 0 Å². The third kappa shape index (κ3) is 2.94. The molecule has 0 radical (unpaired) electrons. The SMILES string of the molecule is Cc1cc(-n2nnc(C(=O)Nc3ccccc3)c2C)c2cc3c(cc2n1)OCO3. The van der Waals surface area contributed by atoms with Crippen molar-refractivity contribution < 1.29 is 14.3 Å².